The van der Waals surface area contributed by atoms with E-state index in [1.54, 1.807) is 12.1 Å². The number of ether oxygens (including phenoxy) is 1. The highest BCUT2D eigenvalue weighted by Gasteiger charge is 2.34. The number of hydrogen-bond donors (Lipinski definition) is 3. The molecule has 2 rings (SSSR count). The summed E-state index contributed by atoms with van der Waals surface area (Å²) in [6, 6.07) is 3.17. The fraction of sp³-hybridized carbons (Fsp3) is 0.545. The summed E-state index contributed by atoms with van der Waals surface area (Å²) in [5.41, 5.74) is 1.99. The average Bonchev–Trinajstić information content (AvgIpc) is 2.38. The van der Waals surface area contributed by atoms with Crippen molar-refractivity contribution in [2.24, 2.45) is 5.84 Å². The highest BCUT2D eigenvalue weighted by atomic mass is 32.2. The quantitative estimate of drug-likeness (QED) is 0.540. The van der Waals surface area contributed by atoms with Gasteiger partial charge in [-0.25, -0.2) is 18.1 Å². The first-order valence-electron chi connectivity index (χ1n) is 6.00. The number of nitrogens with one attached hydrogen (secondary N) is 2. The number of aromatic nitrogens is 1. The van der Waals surface area contributed by atoms with Crippen LogP contribution in [0.15, 0.2) is 23.4 Å². The fourth-order valence-corrected chi connectivity index (χ4v) is 3.62. The molecule has 1 aliphatic rings. The molecular weight excluding hydrogens is 268 g/mol. The van der Waals surface area contributed by atoms with Crippen LogP contribution in [0.5, 0.6) is 0 Å². The Hall–Kier alpha value is -1.22. The molecule has 0 spiro atoms. The van der Waals surface area contributed by atoms with Crippen LogP contribution in [0.3, 0.4) is 0 Å². The van der Waals surface area contributed by atoms with E-state index in [9.17, 15) is 8.42 Å². The van der Waals surface area contributed by atoms with Crippen LogP contribution in [0.4, 0.5) is 5.69 Å². The number of nitrogens with zero attached hydrogens (tertiary/aromatic N) is 1. The van der Waals surface area contributed by atoms with Crippen LogP contribution < -0.4 is 16.0 Å². The first-order chi connectivity index (χ1) is 8.97. The van der Waals surface area contributed by atoms with Gasteiger partial charge in [-0.2, -0.15) is 0 Å². The second-order valence-corrected chi connectivity index (χ2v) is 6.42. The molecule has 0 aliphatic carbocycles. The summed E-state index contributed by atoms with van der Waals surface area (Å²) in [7, 11) is -3.74. The molecule has 1 aromatic heterocycles. The van der Waals surface area contributed by atoms with Crippen LogP contribution in [-0.4, -0.2) is 32.2 Å². The molecule has 1 atom stereocenters. The second kappa shape index (κ2) is 5.41. The molecule has 4 N–H and O–H groups in total. The summed E-state index contributed by atoms with van der Waals surface area (Å²) in [6.07, 6.45) is 2.96. The lowest BCUT2D eigenvalue weighted by Crippen LogP contribution is -2.51. The minimum Gasteiger partial charge on any atom is -0.380 e. The van der Waals surface area contributed by atoms with Gasteiger partial charge in [0, 0.05) is 12.8 Å². The third-order valence-corrected chi connectivity index (χ3v) is 4.60. The third kappa shape index (κ3) is 3.21. The molecule has 19 heavy (non-hydrogen) atoms. The topological polar surface area (TPSA) is 106 Å². The number of hydrogen-bond acceptors (Lipinski definition) is 6. The maximum atomic E-state index is 12.4. The summed E-state index contributed by atoms with van der Waals surface area (Å²) >= 11 is 0. The van der Waals surface area contributed by atoms with Crippen molar-refractivity contribution in [2.45, 2.75) is 30.3 Å². The SMILES string of the molecule is CC1(NS(=O)(=O)c2ncccc2NN)CCCOC1. The van der Waals surface area contributed by atoms with Crippen LogP contribution in [-0.2, 0) is 14.8 Å². The number of nitrogens with two attached hydrogens (primary N) is 1. The lowest BCUT2D eigenvalue weighted by atomic mass is 9.97. The fourth-order valence-electron chi connectivity index (χ4n) is 2.10. The zero-order valence-corrected chi connectivity index (χ0v) is 11.5. The molecule has 0 aromatic carbocycles. The normalized spacial score (nSPS) is 24.1. The van der Waals surface area contributed by atoms with E-state index < -0.39 is 15.6 Å². The van der Waals surface area contributed by atoms with E-state index in [-0.39, 0.29) is 10.7 Å². The number of hydrazine groups is 1. The summed E-state index contributed by atoms with van der Waals surface area (Å²) < 4.78 is 32.7. The molecule has 1 unspecified atom stereocenters. The van der Waals surface area contributed by atoms with E-state index in [0.29, 0.717) is 13.2 Å². The summed E-state index contributed by atoms with van der Waals surface area (Å²) in [5, 5.41) is -0.107. The van der Waals surface area contributed by atoms with Gasteiger partial charge in [-0.1, -0.05) is 0 Å². The largest absolute Gasteiger partial charge is 0.380 e. The summed E-state index contributed by atoms with van der Waals surface area (Å²) in [5.74, 6) is 5.31. The zero-order valence-electron chi connectivity index (χ0n) is 10.7. The molecule has 106 valence electrons. The molecule has 1 aliphatic heterocycles. The predicted octanol–water partition coefficient (Wildman–Crippen LogP) is 0.215. The molecule has 1 saturated heterocycles. The predicted molar refractivity (Wildman–Crippen MR) is 70.8 cm³/mol. The van der Waals surface area contributed by atoms with Crippen molar-refractivity contribution < 1.29 is 13.2 Å². The number of rotatable bonds is 4. The maximum Gasteiger partial charge on any atom is 0.260 e. The van der Waals surface area contributed by atoms with Gasteiger partial charge in [-0.3, -0.25) is 5.84 Å². The molecule has 8 heteroatoms. The van der Waals surface area contributed by atoms with Gasteiger partial charge in [0.2, 0.25) is 0 Å². The molecule has 0 bridgehead atoms. The van der Waals surface area contributed by atoms with Gasteiger partial charge in [0.05, 0.1) is 17.8 Å². The van der Waals surface area contributed by atoms with Gasteiger partial charge in [0.1, 0.15) is 0 Å². The smallest absolute Gasteiger partial charge is 0.260 e. The second-order valence-electron chi connectivity index (χ2n) is 4.82. The van der Waals surface area contributed by atoms with Crippen molar-refractivity contribution in [3.8, 4) is 0 Å². The van der Waals surface area contributed by atoms with Crippen LogP contribution in [0, 0.1) is 0 Å². The van der Waals surface area contributed by atoms with Crippen molar-refractivity contribution in [1.29, 1.82) is 0 Å². The van der Waals surface area contributed by atoms with Gasteiger partial charge in [0.25, 0.3) is 10.0 Å². The Morgan fingerprint density at radius 2 is 2.32 bits per heavy atom. The van der Waals surface area contributed by atoms with Crippen LogP contribution in [0.2, 0.25) is 0 Å². The summed E-state index contributed by atoms with van der Waals surface area (Å²) in [6.45, 7) is 2.84. The number of anilines is 1. The van der Waals surface area contributed by atoms with Crippen molar-refractivity contribution in [3.05, 3.63) is 18.3 Å². The van der Waals surface area contributed by atoms with Gasteiger partial charge in [-0.15, -0.1) is 0 Å². The standard InChI is InChI=1S/C11H18N4O3S/c1-11(5-3-7-18-8-11)15-19(16,17)10-9(14-12)4-2-6-13-10/h2,4,6,14-15H,3,5,7-8,12H2,1H3. The first-order valence-corrected chi connectivity index (χ1v) is 7.49. The Labute approximate surface area is 112 Å². The van der Waals surface area contributed by atoms with Gasteiger partial charge in [0.15, 0.2) is 5.03 Å². The van der Waals surface area contributed by atoms with Gasteiger partial charge < -0.3 is 10.2 Å². The van der Waals surface area contributed by atoms with Crippen molar-refractivity contribution in [1.82, 2.24) is 9.71 Å². The Bertz CT molecular complexity index is 541. The molecule has 0 saturated carbocycles. The zero-order chi connectivity index (χ0) is 13.9. The average molecular weight is 286 g/mol. The molecular formula is C11H18N4O3S. The minimum atomic E-state index is -3.74. The number of sulfonamides is 1. The molecule has 7 nitrogen and oxygen atoms in total. The van der Waals surface area contributed by atoms with E-state index >= 15 is 0 Å². The van der Waals surface area contributed by atoms with Crippen molar-refractivity contribution in [3.63, 3.8) is 0 Å². The number of nitrogen functional groups attached to an aromatic ring is 1. The van der Waals surface area contributed by atoms with E-state index in [4.69, 9.17) is 10.6 Å². The Morgan fingerprint density at radius 3 is 2.95 bits per heavy atom. The van der Waals surface area contributed by atoms with Gasteiger partial charge in [-0.05, 0) is 31.9 Å². The van der Waals surface area contributed by atoms with E-state index in [1.807, 2.05) is 6.92 Å². The third-order valence-electron chi connectivity index (χ3n) is 3.00. The monoisotopic (exact) mass is 286 g/mol. The molecule has 0 radical (unpaired) electrons. The van der Waals surface area contributed by atoms with Crippen LogP contribution in [0.1, 0.15) is 19.8 Å². The van der Waals surface area contributed by atoms with Crippen LogP contribution >= 0.6 is 0 Å². The van der Waals surface area contributed by atoms with E-state index in [0.717, 1.165) is 12.8 Å². The lowest BCUT2D eigenvalue weighted by Gasteiger charge is -2.33. The lowest BCUT2D eigenvalue weighted by molar-refractivity contribution is 0.0386. The molecule has 1 aromatic rings. The Morgan fingerprint density at radius 1 is 1.53 bits per heavy atom. The Balaban J connectivity index is 2.27. The maximum absolute atomic E-state index is 12.4. The van der Waals surface area contributed by atoms with Crippen molar-refractivity contribution >= 4 is 15.7 Å². The van der Waals surface area contributed by atoms with E-state index in [1.165, 1.54) is 6.20 Å². The highest BCUT2D eigenvalue weighted by molar-refractivity contribution is 7.89. The van der Waals surface area contributed by atoms with Gasteiger partial charge >= 0.3 is 0 Å². The van der Waals surface area contributed by atoms with E-state index in [2.05, 4.69) is 15.1 Å². The molecule has 2 heterocycles. The first kappa shape index (κ1) is 14.2. The number of pyridine rings is 1. The minimum absolute atomic E-state index is 0.107. The molecule has 0 amide bonds. The van der Waals surface area contributed by atoms with Crippen molar-refractivity contribution in [2.75, 3.05) is 18.6 Å². The van der Waals surface area contributed by atoms with Crippen LogP contribution in [0.25, 0.3) is 0 Å². The summed E-state index contributed by atoms with van der Waals surface area (Å²) in [4.78, 5) is 3.88. The highest BCUT2D eigenvalue weighted by Crippen LogP contribution is 2.23. The Kier molecular flexibility index (Phi) is 4.04. The molecule has 1 fully saturated rings.